The van der Waals surface area contributed by atoms with Gasteiger partial charge in [-0.2, -0.15) is 0 Å². The Hall–Kier alpha value is -0.610. The summed E-state index contributed by atoms with van der Waals surface area (Å²) < 4.78 is 0. The van der Waals surface area contributed by atoms with Gasteiger partial charge in [0.25, 0.3) is 0 Å². The molecule has 1 aliphatic rings. The predicted octanol–water partition coefficient (Wildman–Crippen LogP) is 0.927. The third-order valence-electron chi connectivity index (χ3n) is 3.54. The second-order valence-electron chi connectivity index (χ2n) is 5.25. The van der Waals surface area contributed by atoms with Crippen LogP contribution in [0.3, 0.4) is 0 Å². The zero-order valence-corrected chi connectivity index (χ0v) is 11.7. The van der Waals surface area contributed by atoms with Gasteiger partial charge in [0, 0.05) is 19.1 Å². The Balaban J connectivity index is 2.47. The Morgan fingerprint density at radius 1 is 1.53 bits per heavy atom. The molecule has 2 unspecified atom stereocenters. The number of nitrogens with one attached hydrogen (secondary N) is 1. The quantitative estimate of drug-likeness (QED) is 0.751. The molecule has 0 saturated carbocycles. The van der Waals surface area contributed by atoms with Gasteiger partial charge in [0.1, 0.15) is 0 Å². The minimum Gasteiger partial charge on any atom is -0.340 e. The van der Waals surface area contributed by atoms with Crippen LogP contribution >= 0.6 is 0 Å². The first-order chi connectivity index (χ1) is 8.06. The van der Waals surface area contributed by atoms with Gasteiger partial charge >= 0.3 is 0 Å². The van der Waals surface area contributed by atoms with E-state index in [1.807, 2.05) is 4.90 Å². The molecule has 0 spiro atoms. The molecule has 4 nitrogen and oxygen atoms in total. The Bertz CT molecular complexity index is 243. The molecule has 1 heterocycles. The van der Waals surface area contributed by atoms with Crippen LogP contribution in [0, 0.1) is 0 Å². The van der Waals surface area contributed by atoms with E-state index in [2.05, 4.69) is 38.2 Å². The number of carbonyl (C=O) groups is 1. The van der Waals surface area contributed by atoms with Gasteiger partial charge < -0.3 is 15.1 Å². The van der Waals surface area contributed by atoms with Crippen molar-refractivity contribution in [1.82, 2.24) is 15.1 Å². The lowest BCUT2D eigenvalue weighted by Crippen LogP contribution is -2.53. The summed E-state index contributed by atoms with van der Waals surface area (Å²) in [7, 11) is 4.12. The highest BCUT2D eigenvalue weighted by Gasteiger charge is 2.28. The molecule has 1 saturated heterocycles. The summed E-state index contributed by atoms with van der Waals surface area (Å²) in [5.74, 6) is 0.290. The van der Waals surface area contributed by atoms with Crippen molar-refractivity contribution < 1.29 is 4.79 Å². The SMILES string of the molecule is CCCNC1CCCN(CC(C)N(C)C)C1=O. The van der Waals surface area contributed by atoms with Gasteiger partial charge in [-0.25, -0.2) is 0 Å². The van der Waals surface area contributed by atoms with E-state index in [0.29, 0.717) is 11.9 Å². The van der Waals surface area contributed by atoms with Crippen molar-refractivity contribution in [2.24, 2.45) is 0 Å². The third-order valence-corrected chi connectivity index (χ3v) is 3.54. The van der Waals surface area contributed by atoms with E-state index in [9.17, 15) is 4.79 Å². The van der Waals surface area contributed by atoms with Gasteiger partial charge in [-0.1, -0.05) is 6.92 Å². The van der Waals surface area contributed by atoms with E-state index in [1.54, 1.807) is 0 Å². The van der Waals surface area contributed by atoms with E-state index in [4.69, 9.17) is 0 Å². The maximum absolute atomic E-state index is 12.2. The molecule has 17 heavy (non-hydrogen) atoms. The molecule has 1 rings (SSSR count). The van der Waals surface area contributed by atoms with Gasteiger partial charge in [0.15, 0.2) is 0 Å². The number of likely N-dealkylation sites (N-methyl/N-ethyl adjacent to an activating group) is 1. The molecule has 1 fully saturated rings. The number of piperidine rings is 1. The average Bonchev–Trinajstić information content (AvgIpc) is 2.30. The van der Waals surface area contributed by atoms with Crippen LogP contribution in [0.2, 0.25) is 0 Å². The number of rotatable bonds is 6. The van der Waals surface area contributed by atoms with E-state index in [-0.39, 0.29) is 6.04 Å². The van der Waals surface area contributed by atoms with E-state index in [0.717, 1.165) is 38.9 Å². The summed E-state index contributed by atoms with van der Waals surface area (Å²) in [5, 5.41) is 3.35. The molecule has 2 atom stereocenters. The molecule has 0 aliphatic carbocycles. The minimum atomic E-state index is 0.0538. The molecule has 4 heteroatoms. The van der Waals surface area contributed by atoms with Crippen LogP contribution < -0.4 is 5.32 Å². The maximum Gasteiger partial charge on any atom is 0.239 e. The van der Waals surface area contributed by atoms with Crippen molar-refractivity contribution in [3.05, 3.63) is 0 Å². The Morgan fingerprint density at radius 2 is 2.24 bits per heavy atom. The normalized spacial score (nSPS) is 23.2. The molecule has 1 N–H and O–H groups in total. The molecule has 0 aromatic carbocycles. The Kier molecular flexibility index (Phi) is 5.92. The monoisotopic (exact) mass is 241 g/mol. The molecule has 0 aromatic rings. The van der Waals surface area contributed by atoms with E-state index in [1.165, 1.54) is 0 Å². The smallest absolute Gasteiger partial charge is 0.239 e. The highest BCUT2D eigenvalue weighted by atomic mass is 16.2. The van der Waals surface area contributed by atoms with Crippen molar-refractivity contribution in [2.45, 2.75) is 45.2 Å². The van der Waals surface area contributed by atoms with Crippen molar-refractivity contribution in [1.29, 1.82) is 0 Å². The van der Waals surface area contributed by atoms with E-state index < -0.39 is 0 Å². The first kappa shape index (κ1) is 14.5. The fraction of sp³-hybridized carbons (Fsp3) is 0.923. The highest BCUT2D eigenvalue weighted by molar-refractivity contribution is 5.82. The zero-order chi connectivity index (χ0) is 12.8. The van der Waals surface area contributed by atoms with Gasteiger partial charge in [-0.15, -0.1) is 0 Å². The Labute approximate surface area is 105 Å². The van der Waals surface area contributed by atoms with Crippen LogP contribution in [0.5, 0.6) is 0 Å². The van der Waals surface area contributed by atoms with Gasteiger partial charge in [-0.05, 0) is 46.8 Å². The highest BCUT2D eigenvalue weighted by Crippen LogP contribution is 2.13. The lowest BCUT2D eigenvalue weighted by atomic mass is 10.0. The van der Waals surface area contributed by atoms with E-state index >= 15 is 0 Å². The molecule has 100 valence electrons. The van der Waals surface area contributed by atoms with Crippen LogP contribution in [-0.2, 0) is 4.79 Å². The number of hydrogen-bond acceptors (Lipinski definition) is 3. The fourth-order valence-corrected chi connectivity index (χ4v) is 2.11. The average molecular weight is 241 g/mol. The van der Waals surface area contributed by atoms with Crippen LogP contribution in [-0.4, -0.2) is 61.5 Å². The standard InChI is InChI=1S/C13H27N3O/c1-5-8-14-12-7-6-9-16(13(12)17)10-11(2)15(3)4/h11-12,14H,5-10H2,1-4H3. The molecule has 0 radical (unpaired) electrons. The molecular weight excluding hydrogens is 214 g/mol. The van der Waals surface area contributed by atoms with Crippen LogP contribution in [0.25, 0.3) is 0 Å². The van der Waals surface area contributed by atoms with Crippen molar-refractivity contribution in [3.63, 3.8) is 0 Å². The first-order valence-electron chi connectivity index (χ1n) is 6.74. The third kappa shape index (κ3) is 4.28. The number of hydrogen-bond donors (Lipinski definition) is 1. The topological polar surface area (TPSA) is 35.6 Å². The molecule has 0 aromatic heterocycles. The number of amides is 1. The van der Waals surface area contributed by atoms with Crippen molar-refractivity contribution in [2.75, 3.05) is 33.7 Å². The maximum atomic E-state index is 12.2. The summed E-state index contributed by atoms with van der Waals surface area (Å²) >= 11 is 0. The lowest BCUT2D eigenvalue weighted by molar-refractivity contribution is -0.136. The summed E-state index contributed by atoms with van der Waals surface area (Å²) in [6.07, 6.45) is 3.19. The van der Waals surface area contributed by atoms with Crippen molar-refractivity contribution in [3.8, 4) is 0 Å². The van der Waals surface area contributed by atoms with Gasteiger partial charge in [0.05, 0.1) is 6.04 Å². The predicted molar refractivity (Wildman–Crippen MR) is 71.0 cm³/mol. The number of likely N-dealkylation sites (tertiary alicyclic amines) is 1. The van der Waals surface area contributed by atoms with Crippen LogP contribution in [0.15, 0.2) is 0 Å². The molecule has 1 aliphatic heterocycles. The van der Waals surface area contributed by atoms with Crippen molar-refractivity contribution >= 4 is 5.91 Å². The summed E-state index contributed by atoms with van der Waals surface area (Å²) in [6.45, 7) is 6.99. The number of nitrogens with zero attached hydrogens (tertiary/aromatic N) is 2. The fourth-order valence-electron chi connectivity index (χ4n) is 2.11. The van der Waals surface area contributed by atoms with Gasteiger partial charge in [-0.3, -0.25) is 4.79 Å². The number of carbonyl (C=O) groups excluding carboxylic acids is 1. The lowest BCUT2D eigenvalue weighted by Gasteiger charge is -2.35. The van der Waals surface area contributed by atoms with Crippen LogP contribution in [0.4, 0.5) is 0 Å². The molecule has 1 amide bonds. The van der Waals surface area contributed by atoms with Crippen LogP contribution in [0.1, 0.15) is 33.1 Å². The van der Waals surface area contributed by atoms with Gasteiger partial charge in [0.2, 0.25) is 5.91 Å². The zero-order valence-electron chi connectivity index (χ0n) is 11.7. The second-order valence-corrected chi connectivity index (χ2v) is 5.25. The summed E-state index contributed by atoms with van der Waals surface area (Å²) in [5.41, 5.74) is 0. The second kappa shape index (κ2) is 6.97. The first-order valence-corrected chi connectivity index (χ1v) is 6.74. The summed E-state index contributed by atoms with van der Waals surface area (Å²) in [6, 6.07) is 0.474. The molecule has 0 bridgehead atoms. The summed E-state index contributed by atoms with van der Waals surface area (Å²) in [4.78, 5) is 16.4. The minimum absolute atomic E-state index is 0.0538. The Morgan fingerprint density at radius 3 is 2.82 bits per heavy atom. The largest absolute Gasteiger partial charge is 0.340 e. The molecular formula is C13H27N3O.